The summed E-state index contributed by atoms with van der Waals surface area (Å²) in [6.07, 6.45) is 1.30. The Bertz CT molecular complexity index is 1060. The van der Waals surface area contributed by atoms with E-state index in [0.29, 0.717) is 23.7 Å². The van der Waals surface area contributed by atoms with E-state index < -0.39 is 10.0 Å². The molecule has 0 amide bonds. The number of rotatable bonds is 7. The molecule has 0 heterocycles. The maximum absolute atomic E-state index is 12.3. The van der Waals surface area contributed by atoms with Gasteiger partial charge in [-0.15, -0.1) is 0 Å². The van der Waals surface area contributed by atoms with Crippen LogP contribution in [0, 0.1) is 6.92 Å². The van der Waals surface area contributed by atoms with Crippen LogP contribution in [0.15, 0.2) is 82.1 Å². The molecule has 3 aromatic rings. The van der Waals surface area contributed by atoms with E-state index in [9.17, 15) is 8.42 Å². The van der Waals surface area contributed by atoms with Crippen molar-refractivity contribution in [2.75, 3.05) is 7.11 Å². The Hall–Kier alpha value is -3.12. The fourth-order valence-corrected chi connectivity index (χ4v) is 3.38. The quantitative estimate of drug-likeness (QED) is 0.557. The second-order valence-electron chi connectivity index (χ2n) is 6.21. The molecule has 0 aliphatic heterocycles. The van der Waals surface area contributed by atoms with Gasteiger partial charge in [0.1, 0.15) is 6.61 Å². The van der Waals surface area contributed by atoms with Crippen LogP contribution < -0.4 is 9.47 Å². The van der Waals surface area contributed by atoms with Gasteiger partial charge in [0, 0.05) is 6.21 Å². The van der Waals surface area contributed by atoms with E-state index in [1.165, 1.54) is 13.3 Å². The molecule has 0 radical (unpaired) electrons. The molecule has 0 saturated carbocycles. The van der Waals surface area contributed by atoms with Gasteiger partial charge in [-0.2, -0.15) is 12.8 Å². The summed E-state index contributed by atoms with van der Waals surface area (Å²) in [6, 6.07) is 21.5. The highest BCUT2D eigenvalue weighted by atomic mass is 32.2. The van der Waals surface area contributed by atoms with Gasteiger partial charge in [0.2, 0.25) is 0 Å². The molecular weight excluding hydrogens is 374 g/mol. The summed E-state index contributed by atoms with van der Waals surface area (Å²) >= 11 is 0. The molecule has 0 fully saturated rings. The van der Waals surface area contributed by atoms with E-state index in [2.05, 4.69) is 4.40 Å². The smallest absolute Gasteiger partial charge is 0.282 e. The van der Waals surface area contributed by atoms with Gasteiger partial charge in [0.05, 0.1) is 12.0 Å². The van der Waals surface area contributed by atoms with Gasteiger partial charge in [-0.05, 0) is 48.4 Å². The summed E-state index contributed by atoms with van der Waals surface area (Å²) in [4.78, 5) is 0.157. The molecule has 0 aliphatic carbocycles. The normalized spacial score (nSPS) is 11.5. The van der Waals surface area contributed by atoms with Crippen LogP contribution in [0.3, 0.4) is 0 Å². The fraction of sp³-hybridized carbons (Fsp3) is 0.136. The summed E-state index contributed by atoms with van der Waals surface area (Å²) in [5, 5.41) is 0. The highest BCUT2D eigenvalue weighted by molar-refractivity contribution is 7.90. The SMILES string of the molecule is COc1cc(/C=N\S(=O)(=O)c2ccc(C)cc2)ccc1OCc1ccccc1. The van der Waals surface area contributed by atoms with Gasteiger partial charge in [-0.25, -0.2) is 0 Å². The van der Waals surface area contributed by atoms with Gasteiger partial charge in [-0.1, -0.05) is 48.0 Å². The third-order valence-electron chi connectivity index (χ3n) is 4.08. The van der Waals surface area contributed by atoms with Gasteiger partial charge < -0.3 is 9.47 Å². The van der Waals surface area contributed by atoms with E-state index in [1.54, 1.807) is 42.5 Å². The second-order valence-corrected chi connectivity index (χ2v) is 7.84. The number of benzene rings is 3. The van der Waals surface area contributed by atoms with Crippen molar-refractivity contribution in [3.05, 3.63) is 89.5 Å². The highest BCUT2D eigenvalue weighted by Gasteiger charge is 2.11. The standard InChI is InChI=1S/C22H21NO4S/c1-17-8-11-20(12-9-17)28(24,25)23-15-19-10-13-21(22(14-19)26-2)27-16-18-6-4-3-5-7-18/h3-15H,16H2,1-2H3/b23-15-. The summed E-state index contributed by atoms with van der Waals surface area (Å²) in [5.41, 5.74) is 2.62. The Balaban J connectivity index is 1.75. The Morgan fingerprint density at radius 1 is 0.929 bits per heavy atom. The van der Waals surface area contributed by atoms with Crippen molar-refractivity contribution in [1.82, 2.24) is 0 Å². The molecule has 144 valence electrons. The Morgan fingerprint density at radius 2 is 1.64 bits per heavy atom. The first kappa shape index (κ1) is 19.6. The van der Waals surface area contributed by atoms with Crippen LogP contribution in [-0.2, 0) is 16.6 Å². The Labute approximate surface area is 165 Å². The molecule has 6 heteroatoms. The third-order valence-corrected chi connectivity index (χ3v) is 5.34. The first-order valence-electron chi connectivity index (χ1n) is 8.70. The van der Waals surface area contributed by atoms with Crippen LogP contribution in [0.1, 0.15) is 16.7 Å². The maximum atomic E-state index is 12.3. The van der Waals surface area contributed by atoms with Crippen molar-refractivity contribution in [2.45, 2.75) is 18.4 Å². The van der Waals surface area contributed by atoms with E-state index in [0.717, 1.165) is 11.1 Å². The zero-order valence-corrected chi connectivity index (χ0v) is 16.5. The van der Waals surface area contributed by atoms with Gasteiger partial charge in [0.15, 0.2) is 11.5 Å². The second kappa shape index (κ2) is 8.71. The van der Waals surface area contributed by atoms with Crippen molar-refractivity contribution < 1.29 is 17.9 Å². The number of hydrogen-bond acceptors (Lipinski definition) is 4. The molecule has 3 aromatic carbocycles. The van der Waals surface area contributed by atoms with Crippen molar-refractivity contribution in [3.63, 3.8) is 0 Å². The lowest BCUT2D eigenvalue weighted by Gasteiger charge is -2.11. The van der Waals surface area contributed by atoms with E-state index in [1.807, 2.05) is 37.3 Å². The van der Waals surface area contributed by atoms with Crippen LogP contribution in [0.2, 0.25) is 0 Å². The highest BCUT2D eigenvalue weighted by Crippen LogP contribution is 2.28. The lowest BCUT2D eigenvalue weighted by molar-refractivity contribution is 0.284. The third kappa shape index (κ3) is 4.98. The van der Waals surface area contributed by atoms with E-state index >= 15 is 0 Å². The lowest BCUT2D eigenvalue weighted by Crippen LogP contribution is -1.99. The number of methoxy groups -OCH3 is 1. The average molecular weight is 395 g/mol. The zero-order valence-electron chi connectivity index (χ0n) is 15.7. The van der Waals surface area contributed by atoms with Gasteiger partial charge in [-0.3, -0.25) is 0 Å². The van der Waals surface area contributed by atoms with Crippen LogP contribution in [0.4, 0.5) is 0 Å². The Kier molecular flexibility index (Phi) is 6.11. The van der Waals surface area contributed by atoms with Crippen molar-refractivity contribution in [3.8, 4) is 11.5 Å². The molecule has 5 nitrogen and oxygen atoms in total. The topological polar surface area (TPSA) is 65.0 Å². The number of sulfonamides is 1. The molecular formula is C22H21NO4S. The first-order valence-corrected chi connectivity index (χ1v) is 10.1. The molecule has 0 bridgehead atoms. The molecule has 0 N–H and O–H groups in total. The van der Waals surface area contributed by atoms with Crippen molar-refractivity contribution >= 4 is 16.2 Å². The number of nitrogens with zero attached hydrogens (tertiary/aromatic N) is 1. The largest absolute Gasteiger partial charge is 0.493 e. The van der Waals surface area contributed by atoms with Crippen LogP contribution in [0.25, 0.3) is 0 Å². The number of ether oxygens (including phenoxy) is 2. The molecule has 3 rings (SSSR count). The molecule has 28 heavy (non-hydrogen) atoms. The summed E-state index contributed by atoms with van der Waals surface area (Å²) < 4.78 is 39.6. The van der Waals surface area contributed by atoms with Crippen LogP contribution in [0.5, 0.6) is 11.5 Å². The zero-order chi connectivity index (χ0) is 20.0. The van der Waals surface area contributed by atoms with Gasteiger partial charge >= 0.3 is 0 Å². The van der Waals surface area contributed by atoms with Crippen LogP contribution in [-0.4, -0.2) is 21.7 Å². The predicted octanol–water partition coefficient (Wildman–Crippen LogP) is 4.39. The molecule has 0 spiro atoms. The molecule has 0 aromatic heterocycles. The van der Waals surface area contributed by atoms with Crippen LogP contribution >= 0.6 is 0 Å². The molecule has 0 saturated heterocycles. The predicted molar refractivity (Wildman–Crippen MR) is 110 cm³/mol. The summed E-state index contributed by atoms with van der Waals surface area (Å²) in [5.74, 6) is 1.08. The van der Waals surface area contributed by atoms with E-state index in [4.69, 9.17) is 9.47 Å². The van der Waals surface area contributed by atoms with Crippen molar-refractivity contribution in [1.29, 1.82) is 0 Å². The fourth-order valence-electron chi connectivity index (χ4n) is 2.52. The Morgan fingerprint density at radius 3 is 2.32 bits per heavy atom. The molecule has 0 aliphatic rings. The molecule has 0 atom stereocenters. The minimum Gasteiger partial charge on any atom is -0.493 e. The average Bonchev–Trinajstić information content (AvgIpc) is 2.72. The van der Waals surface area contributed by atoms with Gasteiger partial charge in [0.25, 0.3) is 10.0 Å². The number of aryl methyl sites for hydroxylation is 1. The first-order chi connectivity index (χ1) is 13.5. The number of hydrogen-bond donors (Lipinski definition) is 0. The van der Waals surface area contributed by atoms with Crippen molar-refractivity contribution in [2.24, 2.45) is 4.40 Å². The summed E-state index contributed by atoms with van der Waals surface area (Å²) in [7, 11) is -2.22. The van der Waals surface area contributed by atoms with E-state index in [-0.39, 0.29) is 4.90 Å². The summed E-state index contributed by atoms with van der Waals surface area (Å²) in [6.45, 7) is 2.31. The maximum Gasteiger partial charge on any atom is 0.282 e. The monoisotopic (exact) mass is 395 g/mol. The minimum absolute atomic E-state index is 0.157. The molecule has 0 unspecified atom stereocenters. The lowest BCUT2D eigenvalue weighted by atomic mass is 10.2. The minimum atomic E-state index is -3.75.